The van der Waals surface area contributed by atoms with Crippen molar-refractivity contribution in [1.29, 1.82) is 0 Å². The Kier molecular flexibility index (Phi) is 7.24. The molecule has 1 N–H and O–H groups in total. The van der Waals surface area contributed by atoms with Crippen LogP contribution in [0.25, 0.3) is 28.1 Å². The number of hydrogen-bond donors (Lipinski definition) is 1. The molecule has 0 bridgehead atoms. The highest BCUT2D eigenvalue weighted by Gasteiger charge is 2.16. The Bertz CT molecular complexity index is 1480. The highest BCUT2D eigenvalue weighted by Crippen LogP contribution is 2.35. The molecule has 178 valence electrons. The predicted molar refractivity (Wildman–Crippen MR) is 143 cm³/mol. The van der Waals surface area contributed by atoms with E-state index in [1.165, 1.54) is 6.26 Å². The molecular formula is C28H25ClN2O3S. The normalized spacial score (nSPS) is 11.8. The van der Waals surface area contributed by atoms with Crippen molar-refractivity contribution in [3.63, 3.8) is 0 Å². The molecular weight excluding hydrogens is 480 g/mol. The number of ether oxygens (including phenoxy) is 1. The largest absolute Gasteiger partial charge is 0.497 e. The van der Waals surface area contributed by atoms with Gasteiger partial charge in [0, 0.05) is 35.0 Å². The molecule has 0 spiro atoms. The molecule has 35 heavy (non-hydrogen) atoms. The quantitative estimate of drug-likeness (QED) is 0.295. The van der Waals surface area contributed by atoms with Crippen LogP contribution in [0.5, 0.6) is 5.75 Å². The number of rotatable bonds is 7. The van der Waals surface area contributed by atoms with Gasteiger partial charge < -0.3 is 10.1 Å². The van der Waals surface area contributed by atoms with Gasteiger partial charge >= 0.3 is 0 Å². The topological polar surface area (TPSA) is 68.3 Å². The van der Waals surface area contributed by atoms with Gasteiger partial charge in [0.05, 0.1) is 22.7 Å². The summed E-state index contributed by atoms with van der Waals surface area (Å²) in [6, 6.07) is 24.1. The summed E-state index contributed by atoms with van der Waals surface area (Å²) in [6.45, 7) is 1.93. The van der Waals surface area contributed by atoms with Crippen LogP contribution in [0, 0.1) is 0 Å². The van der Waals surface area contributed by atoms with Gasteiger partial charge in [0.1, 0.15) is 5.75 Å². The first-order chi connectivity index (χ1) is 16.8. The van der Waals surface area contributed by atoms with E-state index in [0.29, 0.717) is 5.02 Å². The summed E-state index contributed by atoms with van der Waals surface area (Å²) < 4.78 is 29.9. The molecule has 1 heterocycles. The van der Waals surface area contributed by atoms with Gasteiger partial charge in [0.25, 0.3) is 0 Å². The minimum Gasteiger partial charge on any atom is -0.497 e. The summed E-state index contributed by atoms with van der Waals surface area (Å²) in [7, 11) is -1.77. The molecule has 0 unspecified atom stereocenters. The standard InChI is InChI=1S/C28H25ClN2O3S/c1-4-27(31-20-10-15-26(29)25(17-20)28-7-5-6-16-30-28)23-14-13-22(35(3,32)33)18-24(23)19-8-11-21(34-2)12-9-19/h4-18,31H,1-3H3/b27-4+. The fourth-order valence-corrected chi connectivity index (χ4v) is 4.63. The second-order valence-corrected chi connectivity index (χ2v) is 10.4. The van der Waals surface area contributed by atoms with Crippen LogP contribution in [0.15, 0.2) is 96.0 Å². The van der Waals surface area contributed by atoms with Crippen LogP contribution in [-0.4, -0.2) is 26.8 Å². The number of pyridine rings is 1. The Morgan fingerprint density at radius 1 is 0.971 bits per heavy atom. The van der Waals surface area contributed by atoms with Crippen molar-refractivity contribution in [3.05, 3.63) is 102 Å². The van der Waals surface area contributed by atoms with Crippen LogP contribution in [0.3, 0.4) is 0 Å². The average molecular weight is 505 g/mol. The van der Waals surface area contributed by atoms with Crippen molar-refractivity contribution in [2.24, 2.45) is 0 Å². The Hall–Kier alpha value is -3.61. The van der Waals surface area contributed by atoms with Crippen molar-refractivity contribution in [2.75, 3.05) is 18.7 Å². The predicted octanol–water partition coefficient (Wildman–Crippen LogP) is 6.95. The van der Waals surface area contributed by atoms with Crippen LogP contribution in [0.1, 0.15) is 12.5 Å². The number of nitrogens with one attached hydrogen (secondary N) is 1. The lowest BCUT2D eigenvalue weighted by Gasteiger charge is -2.18. The molecule has 5 nitrogen and oxygen atoms in total. The first-order valence-corrected chi connectivity index (χ1v) is 13.2. The third-order valence-electron chi connectivity index (χ3n) is 5.59. The number of hydrogen-bond acceptors (Lipinski definition) is 5. The second kappa shape index (κ2) is 10.3. The SMILES string of the molecule is C/C=C(/Nc1ccc(Cl)c(-c2ccccn2)c1)c1ccc(S(C)(=O)=O)cc1-c1ccc(OC)cc1. The third-order valence-corrected chi connectivity index (χ3v) is 7.03. The number of halogens is 1. The van der Waals surface area contributed by atoms with Gasteiger partial charge in [-0.05, 0) is 72.6 Å². The molecule has 0 saturated heterocycles. The minimum atomic E-state index is -3.38. The fourth-order valence-electron chi connectivity index (χ4n) is 3.77. The van der Waals surface area contributed by atoms with E-state index in [1.54, 1.807) is 25.4 Å². The lowest BCUT2D eigenvalue weighted by molar-refractivity contribution is 0.415. The van der Waals surface area contributed by atoms with Gasteiger partial charge in [-0.3, -0.25) is 4.98 Å². The zero-order chi connectivity index (χ0) is 25.0. The number of anilines is 1. The van der Waals surface area contributed by atoms with Gasteiger partial charge in [-0.1, -0.05) is 41.9 Å². The molecule has 3 aromatic carbocycles. The van der Waals surface area contributed by atoms with Crippen molar-refractivity contribution in [3.8, 4) is 28.1 Å². The summed E-state index contributed by atoms with van der Waals surface area (Å²) in [5, 5.41) is 4.08. The number of methoxy groups -OCH3 is 1. The van der Waals surface area contributed by atoms with E-state index in [4.69, 9.17) is 16.3 Å². The lowest BCUT2D eigenvalue weighted by Crippen LogP contribution is -2.04. The maximum Gasteiger partial charge on any atom is 0.175 e. The van der Waals surface area contributed by atoms with Crippen molar-refractivity contribution in [2.45, 2.75) is 11.8 Å². The van der Waals surface area contributed by atoms with E-state index in [1.807, 2.05) is 79.7 Å². The molecule has 0 aliphatic carbocycles. The molecule has 0 aliphatic heterocycles. The van der Waals surface area contributed by atoms with Crippen LogP contribution < -0.4 is 10.1 Å². The molecule has 0 radical (unpaired) electrons. The second-order valence-electron chi connectivity index (χ2n) is 7.95. The zero-order valence-corrected chi connectivity index (χ0v) is 21.2. The highest BCUT2D eigenvalue weighted by atomic mass is 35.5. The number of allylic oxidation sites excluding steroid dienone is 1. The molecule has 0 fully saturated rings. The number of benzene rings is 3. The van der Waals surface area contributed by atoms with Gasteiger partial charge in [0.2, 0.25) is 0 Å². The highest BCUT2D eigenvalue weighted by molar-refractivity contribution is 7.90. The van der Waals surface area contributed by atoms with Crippen LogP contribution in [-0.2, 0) is 9.84 Å². The lowest BCUT2D eigenvalue weighted by atomic mass is 9.97. The molecule has 0 atom stereocenters. The zero-order valence-electron chi connectivity index (χ0n) is 19.6. The molecule has 4 rings (SSSR count). The first-order valence-electron chi connectivity index (χ1n) is 10.9. The molecule has 0 saturated carbocycles. The maximum atomic E-state index is 12.3. The Morgan fingerprint density at radius 2 is 1.74 bits per heavy atom. The minimum absolute atomic E-state index is 0.256. The summed E-state index contributed by atoms with van der Waals surface area (Å²) in [4.78, 5) is 4.67. The Labute approximate surface area is 211 Å². The van der Waals surface area contributed by atoms with Crippen molar-refractivity contribution >= 4 is 32.8 Å². The van der Waals surface area contributed by atoms with E-state index < -0.39 is 9.84 Å². The van der Waals surface area contributed by atoms with E-state index in [2.05, 4.69) is 10.3 Å². The third kappa shape index (κ3) is 5.56. The molecule has 7 heteroatoms. The summed E-state index contributed by atoms with van der Waals surface area (Å²) in [6.07, 6.45) is 4.90. The van der Waals surface area contributed by atoms with Crippen molar-refractivity contribution in [1.82, 2.24) is 4.98 Å². The van der Waals surface area contributed by atoms with E-state index in [9.17, 15) is 8.42 Å². The van der Waals surface area contributed by atoms with E-state index in [-0.39, 0.29) is 4.90 Å². The fraction of sp³-hybridized carbons (Fsp3) is 0.107. The molecule has 0 amide bonds. The number of nitrogens with zero attached hydrogens (tertiary/aromatic N) is 1. The summed E-state index contributed by atoms with van der Waals surface area (Å²) in [5.41, 5.74) is 5.77. The molecule has 0 aliphatic rings. The van der Waals surface area contributed by atoms with E-state index >= 15 is 0 Å². The van der Waals surface area contributed by atoms with Crippen LogP contribution in [0.2, 0.25) is 5.02 Å². The van der Waals surface area contributed by atoms with Gasteiger partial charge in [0.15, 0.2) is 9.84 Å². The van der Waals surface area contributed by atoms with Crippen LogP contribution >= 0.6 is 11.6 Å². The van der Waals surface area contributed by atoms with Gasteiger partial charge in [-0.25, -0.2) is 8.42 Å². The monoisotopic (exact) mass is 504 g/mol. The summed E-state index contributed by atoms with van der Waals surface area (Å²) in [5.74, 6) is 0.724. The van der Waals surface area contributed by atoms with Gasteiger partial charge in [-0.2, -0.15) is 0 Å². The Balaban J connectivity index is 1.78. The summed E-state index contributed by atoms with van der Waals surface area (Å²) >= 11 is 6.46. The smallest absolute Gasteiger partial charge is 0.175 e. The van der Waals surface area contributed by atoms with Crippen molar-refractivity contribution < 1.29 is 13.2 Å². The number of sulfone groups is 1. The van der Waals surface area contributed by atoms with Gasteiger partial charge in [-0.15, -0.1) is 0 Å². The molecule has 1 aromatic heterocycles. The number of aromatic nitrogens is 1. The van der Waals surface area contributed by atoms with Crippen LogP contribution in [0.4, 0.5) is 5.69 Å². The first kappa shape index (κ1) is 24.5. The van der Waals surface area contributed by atoms with E-state index in [0.717, 1.165) is 45.1 Å². The average Bonchev–Trinajstić information content (AvgIpc) is 2.88. The Morgan fingerprint density at radius 3 is 2.37 bits per heavy atom. The maximum absolute atomic E-state index is 12.3. The molecule has 4 aromatic rings.